The number of hydrogen-bond donors (Lipinski definition) is 0. The van der Waals surface area contributed by atoms with Gasteiger partial charge >= 0.3 is 0 Å². The molecule has 5 nitrogen and oxygen atoms in total. The lowest BCUT2D eigenvalue weighted by molar-refractivity contribution is -0.415. The van der Waals surface area contributed by atoms with Crippen LogP contribution in [0.3, 0.4) is 0 Å². The number of carbonyl (C=O) groups excluding carboxylic acids is 2. The molecule has 0 spiro atoms. The number of rotatable bonds is 7. The summed E-state index contributed by atoms with van der Waals surface area (Å²) in [7, 11) is 0. The minimum atomic E-state index is -2.33. The van der Waals surface area contributed by atoms with Crippen LogP contribution in [0, 0.1) is 0 Å². The number of hydrogen-bond acceptors (Lipinski definition) is 5. The fourth-order valence-corrected chi connectivity index (χ4v) is 1.05. The summed E-state index contributed by atoms with van der Waals surface area (Å²) in [5.74, 6) is -0.916. The van der Waals surface area contributed by atoms with E-state index in [0.29, 0.717) is 0 Å². The van der Waals surface area contributed by atoms with Gasteiger partial charge in [-0.25, -0.2) is 0 Å². The molecule has 6 heteroatoms. The molecule has 0 fully saturated rings. The first-order chi connectivity index (χ1) is 7.00. The van der Waals surface area contributed by atoms with Gasteiger partial charge in [-0.2, -0.15) is 0 Å². The van der Waals surface area contributed by atoms with Crippen LogP contribution in [0.4, 0.5) is 4.79 Å². The molecule has 0 atom stereocenters. The molecule has 0 amide bonds. The Bertz CT molecular complexity index is 169. The van der Waals surface area contributed by atoms with Crippen LogP contribution in [0.5, 0.6) is 0 Å². The molecule has 0 aromatic heterocycles. The fraction of sp³-hybridized carbons (Fsp3) is 0.800. The van der Waals surface area contributed by atoms with Gasteiger partial charge in [0.25, 0.3) is 0 Å². The van der Waals surface area contributed by atoms with Crippen LogP contribution in [0.25, 0.3) is 0 Å². The monoisotopic (exact) mass is 252 g/mol. The molecular weight excluding hydrogens is 236 g/mol. The summed E-state index contributed by atoms with van der Waals surface area (Å²) in [6, 6.07) is 0. The molecule has 0 saturated heterocycles. The highest BCUT2D eigenvalue weighted by Crippen LogP contribution is 2.05. The van der Waals surface area contributed by atoms with Crippen LogP contribution in [0.2, 0.25) is 0 Å². The SMILES string of the molecule is CCCCCCCCC(=O)[O-].O=C([O-])[O-].[Cl-]. The third kappa shape index (κ3) is 38.2. The Morgan fingerprint density at radius 2 is 1.25 bits per heavy atom. The number of carboxylic acid groups (broad SMARTS) is 3. The molecule has 16 heavy (non-hydrogen) atoms. The molecule has 0 rings (SSSR count). The molecule has 0 heterocycles. The molecule has 0 aliphatic carbocycles. The Hall–Kier alpha value is -0.970. The van der Waals surface area contributed by atoms with Crippen molar-refractivity contribution >= 4 is 12.1 Å². The number of unbranched alkanes of at least 4 members (excludes halogenated alkanes) is 5. The molecule has 0 bridgehead atoms. The summed E-state index contributed by atoms with van der Waals surface area (Å²) in [5.41, 5.74) is 0. The average molecular weight is 253 g/mol. The van der Waals surface area contributed by atoms with Gasteiger partial charge in [0.1, 0.15) is 0 Å². The van der Waals surface area contributed by atoms with Crippen LogP contribution in [-0.4, -0.2) is 12.1 Å². The second kappa shape index (κ2) is 16.5. The van der Waals surface area contributed by atoms with Crippen molar-refractivity contribution in [2.24, 2.45) is 0 Å². The predicted octanol–water partition coefficient (Wildman–Crippen LogP) is -3.96. The Labute approximate surface area is 102 Å². The normalized spacial score (nSPS) is 8.31. The summed E-state index contributed by atoms with van der Waals surface area (Å²) in [4.78, 5) is 18.3. The van der Waals surface area contributed by atoms with E-state index in [1.54, 1.807) is 0 Å². The lowest BCUT2D eigenvalue weighted by Gasteiger charge is -2.00. The first kappa shape index (κ1) is 20.4. The quantitative estimate of drug-likeness (QED) is 0.430. The van der Waals surface area contributed by atoms with Gasteiger partial charge in [-0.15, -0.1) is 0 Å². The standard InChI is InChI=1S/C9H18O2.CH2O3.ClH/c1-2-3-4-5-6-7-8-9(10)11;2-1(3)4;/h2-8H2,1H3,(H,10,11);(H2,2,3,4);1H/p-4. The van der Waals surface area contributed by atoms with E-state index >= 15 is 0 Å². The Kier molecular flexibility index (Phi) is 21.0. The van der Waals surface area contributed by atoms with Gasteiger partial charge in [-0.05, 0) is 19.0 Å². The minimum Gasteiger partial charge on any atom is -1.00 e. The highest BCUT2D eigenvalue weighted by molar-refractivity contribution is 5.63. The van der Waals surface area contributed by atoms with E-state index in [4.69, 9.17) is 15.0 Å². The summed E-state index contributed by atoms with van der Waals surface area (Å²) < 4.78 is 0. The molecule has 98 valence electrons. The molecule has 0 radical (unpaired) electrons. The van der Waals surface area contributed by atoms with Gasteiger partial charge < -0.3 is 37.3 Å². The predicted molar refractivity (Wildman–Crippen MR) is 48.4 cm³/mol. The summed E-state index contributed by atoms with van der Waals surface area (Å²) in [6.45, 7) is 2.17. The third-order valence-electron chi connectivity index (χ3n) is 1.73. The average Bonchev–Trinajstić information content (AvgIpc) is 2.09. The number of aliphatic carboxylic acids is 1. The maximum Gasteiger partial charge on any atom is 0.0414 e. The lowest BCUT2D eigenvalue weighted by Crippen LogP contribution is -3.00. The van der Waals surface area contributed by atoms with Crippen molar-refractivity contribution in [1.82, 2.24) is 0 Å². The van der Waals surface area contributed by atoms with Crippen molar-refractivity contribution in [3.8, 4) is 0 Å². The van der Waals surface area contributed by atoms with Crippen LogP contribution >= 0.6 is 0 Å². The minimum absolute atomic E-state index is 0. The first-order valence-corrected chi connectivity index (χ1v) is 5.08. The summed E-state index contributed by atoms with van der Waals surface area (Å²) in [5, 5.41) is 26.6. The van der Waals surface area contributed by atoms with E-state index in [1.165, 1.54) is 25.7 Å². The third-order valence-corrected chi connectivity index (χ3v) is 1.73. The maximum atomic E-state index is 9.98. The second-order valence-corrected chi connectivity index (χ2v) is 3.14. The molecule has 0 unspecified atom stereocenters. The molecule has 0 aromatic rings. The van der Waals surface area contributed by atoms with E-state index in [2.05, 4.69) is 6.92 Å². The van der Waals surface area contributed by atoms with E-state index in [-0.39, 0.29) is 18.8 Å². The largest absolute Gasteiger partial charge is 1.00 e. The van der Waals surface area contributed by atoms with Crippen molar-refractivity contribution in [3.63, 3.8) is 0 Å². The highest BCUT2D eigenvalue weighted by Gasteiger charge is 1.89. The zero-order chi connectivity index (χ0) is 12.1. The Balaban J connectivity index is -0.000000292. The zero-order valence-electron chi connectivity index (χ0n) is 9.37. The maximum absolute atomic E-state index is 9.98. The molecule has 0 saturated carbocycles. The fourth-order valence-electron chi connectivity index (χ4n) is 1.05. The van der Waals surface area contributed by atoms with E-state index in [9.17, 15) is 9.90 Å². The number of halogens is 1. The molecule has 0 aliphatic heterocycles. The van der Waals surface area contributed by atoms with Gasteiger partial charge in [0.15, 0.2) is 0 Å². The molecule has 0 aliphatic rings. The van der Waals surface area contributed by atoms with Gasteiger partial charge in [-0.3, -0.25) is 0 Å². The topological polar surface area (TPSA) is 103 Å². The van der Waals surface area contributed by atoms with E-state index < -0.39 is 12.1 Å². The van der Waals surface area contributed by atoms with Crippen LogP contribution < -0.4 is 27.7 Å². The van der Waals surface area contributed by atoms with Crippen LogP contribution in [0.1, 0.15) is 51.9 Å². The lowest BCUT2D eigenvalue weighted by atomic mass is 10.1. The summed E-state index contributed by atoms with van der Waals surface area (Å²) >= 11 is 0. The van der Waals surface area contributed by atoms with Crippen molar-refractivity contribution in [2.45, 2.75) is 51.9 Å². The van der Waals surface area contributed by atoms with Gasteiger partial charge in [0, 0.05) is 5.97 Å². The first-order valence-electron chi connectivity index (χ1n) is 5.08. The summed E-state index contributed by atoms with van der Waals surface area (Å²) in [6.07, 6.45) is 4.63. The molecule has 0 aromatic carbocycles. The van der Waals surface area contributed by atoms with E-state index in [0.717, 1.165) is 12.8 Å². The number of carbonyl (C=O) groups is 2. The van der Waals surface area contributed by atoms with Crippen molar-refractivity contribution in [3.05, 3.63) is 0 Å². The van der Waals surface area contributed by atoms with Gasteiger partial charge in [0.2, 0.25) is 0 Å². The number of carboxylic acids is 1. The smallest absolute Gasteiger partial charge is 0.0414 e. The highest BCUT2D eigenvalue weighted by atomic mass is 35.5. The molecular formula is C10H17ClO5-4. The Morgan fingerprint density at radius 3 is 1.62 bits per heavy atom. The van der Waals surface area contributed by atoms with Crippen LogP contribution in [0.15, 0.2) is 0 Å². The second-order valence-electron chi connectivity index (χ2n) is 3.14. The molecule has 0 N–H and O–H groups in total. The Morgan fingerprint density at radius 1 is 0.875 bits per heavy atom. The zero-order valence-corrected chi connectivity index (χ0v) is 10.1. The van der Waals surface area contributed by atoms with Gasteiger partial charge in [-0.1, -0.05) is 39.0 Å². The van der Waals surface area contributed by atoms with Crippen molar-refractivity contribution < 1.29 is 37.3 Å². The van der Waals surface area contributed by atoms with Crippen molar-refractivity contribution in [1.29, 1.82) is 0 Å². The van der Waals surface area contributed by atoms with E-state index in [1.807, 2.05) is 0 Å². The van der Waals surface area contributed by atoms with Gasteiger partial charge in [0.05, 0.1) is 0 Å². The van der Waals surface area contributed by atoms with Crippen LogP contribution in [-0.2, 0) is 4.79 Å². The van der Waals surface area contributed by atoms with Crippen molar-refractivity contribution in [2.75, 3.05) is 0 Å².